The summed E-state index contributed by atoms with van der Waals surface area (Å²) in [4.78, 5) is 0.199. The van der Waals surface area contributed by atoms with Crippen molar-refractivity contribution in [1.82, 2.24) is 0 Å². The lowest BCUT2D eigenvalue weighted by Gasteiger charge is -2.27. The van der Waals surface area contributed by atoms with Crippen LogP contribution in [0.15, 0.2) is 58.8 Å². The molecule has 1 N–H and O–H groups in total. The average Bonchev–Trinajstić information content (AvgIpc) is 2.64. The molecule has 0 fully saturated rings. The van der Waals surface area contributed by atoms with Crippen LogP contribution in [0.4, 0.5) is 5.69 Å². The summed E-state index contributed by atoms with van der Waals surface area (Å²) >= 11 is 0. The van der Waals surface area contributed by atoms with Crippen molar-refractivity contribution in [2.75, 3.05) is 17.1 Å². The lowest BCUT2D eigenvalue weighted by molar-refractivity contribution is 0.577. The lowest BCUT2D eigenvalue weighted by Crippen LogP contribution is -2.34. The molecule has 2 rings (SSSR count). The molecule has 0 amide bonds. The minimum atomic E-state index is -3.89. The van der Waals surface area contributed by atoms with Crippen LogP contribution in [-0.4, -0.2) is 25.4 Å². The molecule has 7 heteroatoms. The Morgan fingerprint density at radius 2 is 1.71 bits per heavy atom. The van der Waals surface area contributed by atoms with Gasteiger partial charge in [0.1, 0.15) is 0 Å². The zero-order valence-corrected chi connectivity index (χ0v) is 18.4. The fourth-order valence-electron chi connectivity index (χ4n) is 2.88. The Kier molecular flexibility index (Phi) is 6.72. The van der Waals surface area contributed by atoms with E-state index in [1.807, 2.05) is 45.0 Å². The Morgan fingerprint density at radius 3 is 2.18 bits per heavy atom. The first-order valence-corrected chi connectivity index (χ1v) is 12.5. The standard InChI is InChI=1S/C21H28N2O3S2/c1-6-17-8-11-19(12-9-17)23(15-16(3)4)28(25,26)20-13-10-18(7-2)21(14-20)27(5,22)24/h7-14,16,22H,2,6,15H2,1,3-5H3. The van der Waals surface area contributed by atoms with Crippen LogP contribution in [0.3, 0.4) is 0 Å². The summed E-state index contributed by atoms with van der Waals surface area (Å²) in [6.45, 7) is 9.94. The highest BCUT2D eigenvalue weighted by atomic mass is 32.2. The van der Waals surface area contributed by atoms with Crippen LogP contribution in [0.1, 0.15) is 31.9 Å². The summed E-state index contributed by atoms with van der Waals surface area (Å²) in [5, 5.41) is 0. The van der Waals surface area contributed by atoms with E-state index in [-0.39, 0.29) is 15.7 Å². The maximum Gasteiger partial charge on any atom is 0.264 e. The highest BCUT2D eigenvalue weighted by Crippen LogP contribution is 2.28. The number of nitrogens with one attached hydrogen (secondary N) is 1. The van der Waals surface area contributed by atoms with Gasteiger partial charge in [0.2, 0.25) is 0 Å². The zero-order valence-electron chi connectivity index (χ0n) is 16.8. The SMILES string of the molecule is C=Cc1ccc(S(=O)(=O)N(CC(C)C)c2ccc(CC)cc2)cc1S(C)(=N)=O. The largest absolute Gasteiger partial charge is 0.266 e. The fraction of sp³-hybridized carbons (Fsp3) is 0.333. The van der Waals surface area contributed by atoms with E-state index < -0.39 is 19.8 Å². The molecule has 28 heavy (non-hydrogen) atoms. The Balaban J connectivity index is 2.63. The molecule has 2 aromatic carbocycles. The van der Waals surface area contributed by atoms with Gasteiger partial charge in [0.05, 0.1) is 25.2 Å². The van der Waals surface area contributed by atoms with Crippen LogP contribution in [0.25, 0.3) is 6.08 Å². The molecule has 0 saturated heterocycles. The summed E-state index contributed by atoms with van der Waals surface area (Å²) in [7, 11) is -6.99. The topological polar surface area (TPSA) is 78.3 Å². The molecule has 0 aromatic heterocycles. The van der Waals surface area contributed by atoms with E-state index in [1.165, 1.54) is 28.8 Å². The average molecular weight is 421 g/mol. The minimum Gasteiger partial charge on any atom is -0.266 e. The number of benzene rings is 2. The Morgan fingerprint density at radius 1 is 1.11 bits per heavy atom. The molecule has 5 nitrogen and oxygen atoms in total. The van der Waals surface area contributed by atoms with Crippen molar-refractivity contribution in [1.29, 1.82) is 4.78 Å². The predicted molar refractivity (Wildman–Crippen MR) is 117 cm³/mol. The van der Waals surface area contributed by atoms with Crippen molar-refractivity contribution in [3.63, 3.8) is 0 Å². The van der Waals surface area contributed by atoms with E-state index >= 15 is 0 Å². The molecule has 152 valence electrons. The van der Waals surface area contributed by atoms with E-state index in [1.54, 1.807) is 6.07 Å². The fourth-order valence-corrected chi connectivity index (χ4v) is 5.56. The van der Waals surface area contributed by atoms with E-state index in [9.17, 15) is 12.6 Å². The summed E-state index contributed by atoms with van der Waals surface area (Å²) in [6, 6.07) is 11.8. The van der Waals surface area contributed by atoms with Gasteiger partial charge < -0.3 is 0 Å². The van der Waals surface area contributed by atoms with Crippen LogP contribution in [0.5, 0.6) is 0 Å². The van der Waals surface area contributed by atoms with Crippen LogP contribution in [0, 0.1) is 10.7 Å². The van der Waals surface area contributed by atoms with Crippen molar-refractivity contribution in [3.05, 3.63) is 60.2 Å². The van der Waals surface area contributed by atoms with Crippen molar-refractivity contribution in [3.8, 4) is 0 Å². The molecule has 2 aromatic rings. The third-order valence-electron chi connectivity index (χ3n) is 4.38. The van der Waals surface area contributed by atoms with Gasteiger partial charge in [0, 0.05) is 12.8 Å². The summed E-state index contributed by atoms with van der Waals surface area (Å²) < 4.78 is 48.5. The van der Waals surface area contributed by atoms with E-state index in [4.69, 9.17) is 4.78 Å². The first kappa shape index (κ1) is 22.2. The van der Waals surface area contributed by atoms with Crippen molar-refractivity contribution >= 4 is 31.5 Å². The minimum absolute atomic E-state index is 0.0233. The highest BCUT2D eigenvalue weighted by molar-refractivity contribution is 7.93. The van der Waals surface area contributed by atoms with Gasteiger partial charge in [-0.15, -0.1) is 0 Å². The molecule has 0 saturated carbocycles. The molecule has 0 aliphatic rings. The molecular formula is C21H28N2O3S2. The smallest absolute Gasteiger partial charge is 0.264 e. The molecule has 0 spiro atoms. The third kappa shape index (κ3) is 4.83. The highest BCUT2D eigenvalue weighted by Gasteiger charge is 2.27. The van der Waals surface area contributed by atoms with E-state index in [0.29, 0.717) is 17.8 Å². The van der Waals surface area contributed by atoms with Crippen molar-refractivity contribution in [2.45, 2.75) is 37.0 Å². The molecule has 0 aliphatic heterocycles. The quantitative estimate of drug-likeness (QED) is 0.667. The van der Waals surface area contributed by atoms with Crippen LogP contribution in [0.2, 0.25) is 0 Å². The second kappa shape index (κ2) is 8.49. The van der Waals surface area contributed by atoms with Gasteiger partial charge in [0.15, 0.2) is 0 Å². The van der Waals surface area contributed by atoms with Gasteiger partial charge >= 0.3 is 0 Å². The van der Waals surface area contributed by atoms with Crippen molar-refractivity contribution < 1.29 is 12.6 Å². The Labute approximate surface area is 169 Å². The third-order valence-corrected chi connectivity index (χ3v) is 7.36. The van der Waals surface area contributed by atoms with Gasteiger partial charge in [-0.05, 0) is 47.7 Å². The van der Waals surface area contributed by atoms with Gasteiger partial charge in [-0.25, -0.2) is 17.4 Å². The molecule has 0 radical (unpaired) electrons. The Hall–Kier alpha value is -2.12. The van der Waals surface area contributed by atoms with Gasteiger partial charge in [0.25, 0.3) is 10.0 Å². The van der Waals surface area contributed by atoms with Crippen LogP contribution >= 0.6 is 0 Å². The molecular weight excluding hydrogens is 392 g/mol. The number of hydrogen-bond acceptors (Lipinski definition) is 4. The molecule has 1 unspecified atom stereocenters. The van der Waals surface area contributed by atoms with Gasteiger partial charge in [-0.3, -0.25) is 4.31 Å². The first-order valence-electron chi connectivity index (χ1n) is 9.12. The number of rotatable bonds is 8. The second-order valence-electron chi connectivity index (χ2n) is 7.20. The molecule has 1 atom stereocenters. The number of nitrogens with zero attached hydrogens (tertiary/aromatic N) is 1. The second-order valence-corrected chi connectivity index (χ2v) is 11.2. The van der Waals surface area contributed by atoms with E-state index in [0.717, 1.165) is 12.0 Å². The molecule has 0 heterocycles. The van der Waals surface area contributed by atoms with E-state index in [2.05, 4.69) is 6.58 Å². The number of anilines is 1. The van der Waals surface area contributed by atoms with Crippen LogP contribution in [-0.2, 0) is 26.2 Å². The number of aryl methyl sites for hydroxylation is 1. The monoisotopic (exact) mass is 420 g/mol. The zero-order chi connectivity index (χ0) is 21.1. The Bertz CT molecular complexity index is 1060. The summed E-state index contributed by atoms with van der Waals surface area (Å²) in [5.74, 6) is 0.110. The first-order chi connectivity index (χ1) is 13.0. The van der Waals surface area contributed by atoms with Crippen molar-refractivity contribution in [2.24, 2.45) is 5.92 Å². The van der Waals surface area contributed by atoms with Gasteiger partial charge in [-0.1, -0.05) is 51.6 Å². The summed E-state index contributed by atoms with van der Waals surface area (Å²) in [6.07, 6.45) is 3.64. The molecule has 0 bridgehead atoms. The maximum atomic E-state index is 13.4. The normalized spacial score (nSPS) is 13.9. The van der Waals surface area contributed by atoms with Crippen LogP contribution < -0.4 is 4.31 Å². The maximum absolute atomic E-state index is 13.4. The lowest BCUT2D eigenvalue weighted by atomic mass is 10.1. The number of hydrogen-bond donors (Lipinski definition) is 1. The number of sulfonamides is 1. The predicted octanol–water partition coefficient (Wildman–Crippen LogP) is 4.78. The molecule has 0 aliphatic carbocycles. The van der Waals surface area contributed by atoms with Gasteiger partial charge in [-0.2, -0.15) is 0 Å². The summed E-state index contributed by atoms with van der Waals surface area (Å²) in [5.41, 5.74) is 2.22.